The van der Waals surface area contributed by atoms with Crippen LogP contribution in [0.2, 0.25) is 0 Å². The number of nitrogen functional groups attached to an aromatic ring is 1. The number of nitrogens with two attached hydrogens (primary N) is 1. The fourth-order valence-corrected chi connectivity index (χ4v) is 1.32. The van der Waals surface area contributed by atoms with Crippen LogP contribution in [-0.4, -0.2) is 19.7 Å². The maximum atomic E-state index is 11.0. The molecule has 0 aromatic carbocycles. The Kier molecular flexibility index (Phi) is 2.21. The van der Waals surface area contributed by atoms with Gasteiger partial charge in [0.2, 0.25) is 0 Å². The molecule has 2 N–H and O–H groups in total. The second-order valence-corrected chi connectivity index (χ2v) is 4.43. The van der Waals surface area contributed by atoms with Crippen molar-refractivity contribution >= 4 is 15.5 Å². The maximum Gasteiger partial charge on any atom is 0.192 e. The first-order chi connectivity index (χ1) is 5.95. The van der Waals surface area contributed by atoms with E-state index in [1.54, 1.807) is 6.07 Å². The summed E-state index contributed by atoms with van der Waals surface area (Å²) in [5.41, 5.74) is 5.47. The van der Waals surface area contributed by atoms with Crippen LogP contribution in [0.25, 0.3) is 0 Å². The molecular weight excluding hydrogens is 190 g/mol. The third-order valence-electron chi connectivity index (χ3n) is 1.39. The number of hydrogen-bond donors (Lipinski definition) is 1. The zero-order chi connectivity index (χ0) is 10.1. The smallest absolute Gasteiger partial charge is 0.192 e. The Morgan fingerprint density at radius 2 is 2.15 bits per heavy atom. The normalized spacial score (nSPS) is 10.8. The molecule has 1 aromatic rings. The highest BCUT2D eigenvalue weighted by molar-refractivity contribution is 7.90. The van der Waals surface area contributed by atoms with Crippen molar-refractivity contribution in [2.75, 3.05) is 12.0 Å². The Morgan fingerprint density at radius 3 is 2.62 bits per heavy atom. The van der Waals surface area contributed by atoms with Crippen LogP contribution in [0, 0.1) is 11.3 Å². The largest absolute Gasteiger partial charge is 0.396 e. The molecular formula is C7H7N3O2S. The fraction of sp³-hybridized carbons (Fsp3) is 0.143. The molecule has 0 saturated heterocycles. The Morgan fingerprint density at radius 1 is 1.54 bits per heavy atom. The number of pyridine rings is 1. The van der Waals surface area contributed by atoms with Crippen LogP contribution in [0.3, 0.4) is 0 Å². The summed E-state index contributed by atoms with van der Waals surface area (Å²) in [7, 11) is -3.37. The van der Waals surface area contributed by atoms with Crippen LogP contribution in [0.4, 0.5) is 5.69 Å². The fourth-order valence-electron chi connectivity index (χ4n) is 0.748. The first kappa shape index (κ1) is 9.48. The monoisotopic (exact) mass is 197 g/mol. The van der Waals surface area contributed by atoms with Gasteiger partial charge in [-0.25, -0.2) is 13.4 Å². The molecule has 0 radical (unpaired) electrons. The van der Waals surface area contributed by atoms with Gasteiger partial charge in [0.25, 0.3) is 0 Å². The van der Waals surface area contributed by atoms with E-state index < -0.39 is 9.84 Å². The van der Waals surface area contributed by atoms with Gasteiger partial charge in [-0.1, -0.05) is 0 Å². The van der Waals surface area contributed by atoms with Crippen LogP contribution >= 0.6 is 0 Å². The maximum absolute atomic E-state index is 11.0. The molecule has 0 spiro atoms. The van der Waals surface area contributed by atoms with Crippen LogP contribution in [0.1, 0.15) is 5.69 Å². The predicted molar refractivity (Wildman–Crippen MR) is 46.5 cm³/mol. The van der Waals surface area contributed by atoms with E-state index in [1.165, 1.54) is 12.1 Å². The number of rotatable bonds is 1. The van der Waals surface area contributed by atoms with E-state index in [0.29, 0.717) is 0 Å². The van der Waals surface area contributed by atoms with Crippen molar-refractivity contribution < 1.29 is 8.42 Å². The standard InChI is InChI=1S/C7H7N3O2S/c1-13(11,12)7-3-2-5(9)6(4-8)10-7/h2-3H,9H2,1H3. The van der Waals surface area contributed by atoms with Crippen LogP contribution in [-0.2, 0) is 9.84 Å². The Bertz CT molecular complexity index is 473. The van der Waals surface area contributed by atoms with Gasteiger partial charge < -0.3 is 5.73 Å². The predicted octanol–water partition coefficient (Wildman–Crippen LogP) is -0.0610. The van der Waals surface area contributed by atoms with E-state index in [-0.39, 0.29) is 16.4 Å². The summed E-state index contributed by atoms with van der Waals surface area (Å²) < 4.78 is 22.0. The lowest BCUT2D eigenvalue weighted by molar-refractivity contribution is 0.598. The molecule has 0 unspecified atom stereocenters. The first-order valence-electron chi connectivity index (χ1n) is 3.32. The van der Waals surface area contributed by atoms with Crippen molar-refractivity contribution in [3.05, 3.63) is 17.8 Å². The van der Waals surface area contributed by atoms with Gasteiger partial charge >= 0.3 is 0 Å². The van der Waals surface area contributed by atoms with Crippen LogP contribution in [0.5, 0.6) is 0 Å². The van der Waals surface area contributed by atoms with Gasteiger partial charge in [0.15, 0.2) is 20.6 Å². The van der Waals surface area contributed by atoms with E-state index in [1.807, 2.05) is 0 Å². The third-order valence-corrected chi connectivity index (χ3v) is 2.37. The summed E-state index contributed by atoms with van der Waals surface area (Å²) in [4.78, 5) is 3.59. The van der Waals surface area contributed by atoms with Gasteiger partial charge in [-0.2, -0.15) is 5.26 Å². The van der Waals surface area contributed by atoms with E-state index in [2.05, 4.69) is 4.98 Å². The number of hydrogen-bond acceptors (Lipinski definition) is 5. The number of aromatic nitrogens is 1. The Labute approximate surface area is 75.7 Å². The van der Waals surface area contributed by atoms with Crippen molar-refractivity contribution in [1.29, 1.82) is 5.26 Å². The highest BCUT2D eigenvalue weighted by Crippen LogP contribution is 2.11. The van der Waals surface area contributed by atoms with E-state index in [9.17, 15) is 8.42 Å². The van der Waals surface area contributed by atoms with E-state index in [0.717, 1.165) is 6.26 Å². The number of anilines is 1. The first-order valence-corrected chi connectivity index (χ1v) is 5.21. The van der Waals surface area contributed by atoms with Crippen molar-refractivity contribution in [2.24, 2.45) is 0 Å². The molecule has 68 valence electrons. The quantitative estimate of drug-likeness (QED) is 0.680. The van der Waals surface area contributed by atoms with E-state index >= 15 is 0 Å². The minimum absolute atomic E-state index is 0.0667. The minimum Gasteiger partial charge on any atom is -0.396 e. The summed E-state index contributed by atoms with van der Waals surface area (Å²) in [6, 6.07) is 4.33. The van der Waals surface area contributed by atoms with Crippen molar-refractivity contribution in [3.63, 3.8) is 0 Å². The second kappa shape index (κ2) is 3.03. The summed E-state index contributed by atoms with van der Waals surface area (Å²) in [6.45, 7) is 0. The number of nitrogens with zero attached hydrogens (tertiary/aromatic N) is 2. The molecule has 13 heavy (non-hydrogen) atoms. The average Bonchev–Trinajstić information content (AvgIpc) is 2.03. The zero-order valence-electron chi connectivity index (χ0n) is 6.85. The molecule has 0 aliphatic rings. The SMILES string of the molecule is CS(=O)(=O)c1ccc(N)c(C#N)n1. The van der Waals surface area contributed by atoms with Crippen LogP contribution in [0.15, 0.2) is 17.2 Å². The minimum atomic E-state index is -3.37. The molecule has 0 aliphatic carbocycles. The lowest BCUT2D eigenvalue weighted by Crippen LogP contribution is -2.03. The molecule has 0 aliphatic heterocycles. The van der Waals surface area contributed by atoms with Gasteiger partial charge in [-0.05, 0) is 12.1 Å². The molecule has 1 heterocycles. The molecule has 6 heteroatoms. The zero-order valence-corrected chi connectivity index (χ0v) is 7.67. The van der Waals surface area contributed by atoms with Gasteiger partial charge in [-0.3, -0.25) is 0 Å². The summed E-state index contributed by atoms with van der Waals surface area (Å²) in [5, 5.41) is 8.38. The molecule has 0 atom stereocenters. The van der Waals surface area contributed by atoms with Gasteiger partial charge in [0.05, 0.1) is 5.69 Å². The summed E-state index contributed by atoms with van der Waals surface area (Å²) >= 11 is 0. The molecule has 1 aromatic heterocycles. The molecule has 0 saturated carbocycles. The average molecular weight is 197 g/mol. The highest BCUT2D eigenvalue weighted by atomic mass is 32.2. The summed E-state index contributed by atoms with van der Waals surface area (Å²) in [5.74, 6) is 0. The Hall–Kier alpha value is -1.61. The second-order valence-electron chi connectivity index (χ2n) is 2.47. The Balaban J connectivity index is 3.41. The molecule has 1 rings (SSSR count). The lowest BCUT2D eigenvalue weighted by atomic mass is 10.3. The van der Waals surface area contributed by atoms with Gasteiger partial charge in [-0.15, -0.1) is 0 Å². The summed E-state index contributed by atoms with van der Waals surface area (Å²) in [6.07, 6.45) is 1.02. The third kappa shape index (κ3) is 1.95. The van der Waals surface area contributed by atoms with Gasteiger partial charge in [0, 0.05) is 6.26 Å². The highest BCUT2D eigenvalue weighted by Gasteiger charge is 2.10. The molecule has 0 bridgehead atoms. The van der Waals surface area contributed by atoms with Crippen molar-refractivity contribution in [2.45, 2.75) is 5.03 Å². The van der Waals surface area contributed by atoms with Gasteiger partial charge in [0.1, 0.15) is 6.07 Å². The van der Waals surface area contributed by atoms with E-state index in [4.69, 9.17) is 11.0 Å². The number of nitriles is 1. The van der Waals surface area contributed by atoms with Crippen LogP contribution < -0.4 is 5.73 Å². The number of sulfone groups is 1. The molecule has 0 amide bonds. The molecule has 5 nitrogen and oxygen atoms in total. The van der Waals surface area contributed by atoms with Crippen molar-refractivity contribution in [3.8, 4) is 6.07 Å². The lowest BCUT2D eigenvalue weighted by Gasteiger charge is -1.99. The van der Waals surface area contributed by atoms with Crippen molar-refractivity contribution in [1.82, 2.24) is 4.98 Å². The molecule has 0 fully saturated rings. The topological polar surface area (TPSA) is 96.8 Å².